The van der Waals surface area contributed by atoms with Crippen LogP contribution in [0.5, 0.6) is 5.75 Å². The second-order valence-electron chi connectivity index (χ2n) is 4.10. The number of ether oxygens (including phenoxy) is 2. The lowest BCUT2D eigenvalue weighted by Gasteiger charge is -2.10. The van der Waals surface area contributed by atoms with Crippen molar-refractivity contribution in [3.05, 3.63) is 24.3 Å². The summed E-state index contributed by atoms with van der Waals surface area (Å²) in [4.78, 5) is 10.9. The van der Waals surface area contributed by atoms with Gasteiger partial charge in [0.1, 0.15) is 18.4 Å². The van der Waals surface area contributed by atoms with E-state index >= 15 is 0 Å². The molecule has 0 aliphatic rings. The number of nitrogens with one attached hydrogen (secondary N) is 1. The molecule has 1 aromatic rings. The molecule has 0 fully saturated rings. The van der Waals surface area contributed by atoms with E-state index in [4.69, 9.17) is 5.26 Å². The smallest absolute Gasteiger partial charge is 0.446 e. The number of alkyl halides is 3. The number of rotatable bonds is 6. The molecular weight excluding hydrogens is 341 g/mol. The lowest BCUT2D eigenvalue weighted by molar-refractivity contribution is -0.274. The number of benzene rings is 1. The summed E-state index contributed by atoms with van der Waals surface area (Å²) >= 11 is 0. The van der Waals surface area contributed by atoms with Crippen LogP contribution in [0.15, 0.2) is 29.2 Å². The van der Waals surface area contributed by atoms with Crippen molar-refractivity contribution in [1.29, 1.82) is 5.26 Å². The Morgan fingerprint density at radius 1 is 1.35 bits per heavy atom. The predicted molar refractivity (Wildman–Crippen MR) is 69.5 cm³/mol. The molecule has 126 valence electrons. The van der Waals surface area contributed by atoms with Crippen molar-refractivity contribution < 1.29 is 35.9 Å². The second-order valence-corrected chi connectivity index (χ2v) is 5.87. The number of carbonyl (C=O) groups excluding carboxylic acids is 1. The highest BCUT2D eigenvalue weighted by atomic mass is 32.2. The molecule has 0 saturated carbocycles. The highest BCUT2D eigenvalue weighted by Crippen LogP contribution is 2.23. The van der Waals surface area contributed by atoms with Crippen molar-refractivity contribution in [1.82, 2.24) is 4.72 Å². The van der Waals surface area contributed by atoms with Crippen LogP contribution in [-0.4, -0.2) is 33.4 Å². The summed E-state index contributed by atoms with van der Waals surface area (Å²) in [7, 11) is -4.13. The number of halogens is 3. The van der Waals surface area contributed by atoms with Gasteiger partial charge >= 0.3 is 12.3 Å². The Kier molecular flexibility index (Phi) is 5.94. The molecule has 0 aliphatic heterocycles. The first kappa shape index (κ1) is 18.7. The average molecular weight is 352 g/mol. The minimum Gasteiger partial charge on any atom is -0.446 e. The zero-order valence-corrected chi connectivity index (χ0v) is 12.4. The molecule has 0 aromatic heterocycles. The van der Waals surface area contributed by atoms with Crippen LogP contribution in [0.25, 0.3) is 0 Å². The van der Waals surface area contributed by atoms with E-state index in [0.29, 0.717) is 0 Å². The summed E-state index contributed by atoms with van der Waals surface area (Å²) in [6.07, 6.45) is -5.93. The van der Waals surface area contributed by atoms with Crippen LogP contribution in [0.1, 0.15) is 6.92 Å². The lowest BCUT2D eigenvalue weighted by atomic mass is 10.3. The van der Waals surface area contributed by atoms with Gasteiger partial charge in [-0.3, -0.25) is 4.79 Å². The van der Waals surface area contributed by atoms with Crippen LogP contribution in [0.4, 0.5) is 13.2 Å². The molecule has 0 aliphatic carbocycles. The highest BCUT2D eigenvalue weighted by Gasteiger charge is 2.31. The molecule has 0 amide bonds. The third-order valence-electron chi connectivity index (χ3n) is 2.26. The first-order valence-electron chi connectivity index (χ1n) is 5.98. The lowest BCUT2D eigenvalue weighted by Crippen LogP contribution is -2.32. The molecular formula is C12H11F3N2O5S. The number of nitrogens with zero attached hydrogens (tertiary/aromatic N) is 1. The Balaban J connectivity index is 2.70. The topological polar surface area (TPSA) is 105 Å². The molecule has 11 heteroatoms. The monoisotopic (exact) mass is 352 g/mol. The first-order chi connectivity index (χ1) is 10.5. The van der Waals surface area contributed by atoms with Crippen LogP contribution in [0.3, 0.4) is 0 Å². The van der Waals surface area contributed by atoms with Gasteiger partial charge < -0.3 is 9.47 Å². The van der Waals surface area contributed by atoms with E-state index in [2.05, 4.69) is 9.47 Å². The van der Waals surface area contributed by atoms with Crippen LogP contribution in [0, 0.1) is 11.3 Å². The number of nitriles is 1. The molecule has 0 spiro atoms. The van der Waals surface area contributed by atoms with Gasteiger partial charge in [-0.25, -0.2) is 8.42 Å². The Morgan fingerprint density at radius 3 is 2.39 bits per heavy atom. The minimum atomic E-state index is -4.89. The van der Waals surface area contributed by atoms with Gasteiger partial charge in [0, 0.05) is 0 Å². The summed E-state index contributed by atoms with van der Waals surface area (Å²) in [5.74, 6) is -1.56. The van der Waals surface area contributed by atoms with Crippen LogP contribution in [-0.2, 0) is 19.6 Å². The van der Waals surface area contributed by atoms with Gasteiger partial charge in [-0.05, 0) is 31.2 Å². The summed E-state index contributed by atoms with van der Waals surface area (Å²) in [5, 5.41) is 8.44. The fourth-order valence-corrected chi connectivity index (χ4v) is 2.29. The Labute approximate surface area is 129 Å². The Bertz CT molecular complexity index is 695. The van der Waals surface area contributed by atoms with Crippen molar-refractivity contribution in [3.63, 3.8) is 0 Å². The SMILES string of the molecule is C[C@H](C#N)OC(=O)CNS(=O)(=O)c1ccc(OC(F)(F)F)cc1. The quantitative estimate of drug-likeness (QED) is 0.774. The summed E-state index contributed by atoms with van der Waals surface area (Å²) < 4.78 is 69.7. The van der Waals surface area contributed by atoms with E-state index in [0.717, 1.165) is 24.3 Å². The maximum Gasteiger partial charge on any atom is 0.573 e. The predicted octanol–water partition coefficient (Wildman–Crippen LogP) is 1.32. The zero-order chi connectivity index (χ0) is 17.7. The van der Waals surface area contributed by atoms with Gasteiger partial charge in [-0.1, -0.05) is 0 Å². The Hall–Kier alpha value is -2.32. The van der Waals surface area contributed by atoms with E-state index < -0.39 is 40.8 Å². The normalized spacial score (nSPS) is 13.0. The molecule has 7 nitrogen and oxygen atoms in total. The first-order valence-corrected chi connectivity index (χ1v) is 7.46. The summed E-state index contributed by atoms with van der Waals surface area (Å²) in [6, 6.07) is 5.02. The molecule has 1 N–H and O–H groups in total. The third-order valence-corrected chi connectivity index (χ3v) is 3.68. The molecule has 1 atom stereocenters. The van der Waals surface area contributed by atoms with Gasteiger partial charge in [0.05, 0.1) is 4.90 Å². The van der Waals surface area contributed by atoms with Crippen LogP contribution >= 0.6 is 0 Å². The van der Waals surface area contributed by atoms with Crippen LogP contribution < -0.4 is 9.46 Å². The molecule has 0 heterocycles. The van der Waals surface area contributed by atoms with Gasteiger partial charge in [0.15, 0.2) is 6.10 Å². The number of hydrogen-bond donors (Lipinski definition) is 1. The van der Waals surface area contributed by atoms with Crippen molar-refractivity contribution in [2.45, 2.75) is 24.3 Å². The molecule has 0 saturated heterocycles. The number of hydrogen-bond acceptors (Lipinski definition) is 6. The van der Waals surface area contributed by atoms with Gasteiger partial charge in [0.25, 0.3) is 0 Å². The standard InChI is InChI=1S/C12H11F3N2O5S/c1-8(6-16)21-11(18)7-17-23(19,20)10-4-2-9(3-5-10)22-12(13,14)15/h2-5,8,17H,7H2,1H3/t8-/m1/s1. The molecule has 1 rings (SSSR count). The van der Waals surface area contributed by atoms with Crippen LogP contribution in [0.2, 0.25) is 0 Å². The van der Waals surface area contributed by atoms with Crippen molar-refractivity contribution in [2.75, 3.05) is 6.54 Å². The van der Waals surface area contributed by atoms with Crippen molar-refractivity contribution in [2.24, 2.45) is 0 Å². The third kappa shape index (κ3) is 6.54. The Morgan fingerprint density at radius 2 is 1.91 bits per heavy atom. The van der Waals surface area contributed by atoms with Gasteiger partial charge in [-0.2, -0.15) is 9.98 Å². The van der Waals surface area contributed by atoms with E-state index in [1.165, 1.54) is 6.92 Å². The van der Waals surface area contributed by atoms with E-state index in [1.807, 2.05) is 4.72 Å². The maximum absolute atomic E-state index is 12.0. The fraction of sp³-hybridized carbons (Fsp3) is 0.333. The van der Waals surface area contributed by atoms with Gasteiger partial charge in [0.2, 0.25) is 10.0 Å². The second kappa shape index (κ2) is 7.30. The van der Waals surface area contributed by atoms with E-state index in [-0.39, 0.29) is 4.90 Å². The fourth-order valence-electron chi connectivity index (χ4n) is 1.32. The van der Waals surface area contributed by atoms with E-state index in [9.17, 15) is 26.4 Å². The number of esters is 1. The molecule has 0 bridgehead atoms. The average Bonchev–Trinajstić information content (AvgIpc) is 2.44. The molecule has 0 unspecified atom stereocenters. The largest absolute Gasteiger partial charge is 0.573 e. The number of carbonyl (C=O) groups is 1. The zero-order valence-electron chi connectivity index (χ0n) is 11.6. The maximum atomic E-state index is 12.0. The van der Waals surface area contributed by atoms with Crippen molar-refractivity contribution in [3.8, 4) is 11.8 Å². The number of sulfonamides is 1. The molecule has 0 radical (unpaired) electrons. The van der Waals surface area contributed by atoms with Gasteiger partial charge in [-0.15, -0.1) is 13.2 Å². The molecule has 23 heavy (non-hydrogen) atoms. The minimum absolute atomic E-state index is 0.367. The van der Waals surface area contributed by atoms with Crippen molar-refractivity contribution >= 4 is 16.0 Å². The summed E-state index contributed by atoms with van der Waals surface area (Å²) in [5.41, 5.74) is 0. The molecule has 1 aromatic carbocycles. The summed E-state index contributed by atoms with van der Waals surface area (Å²) in [6.45, 7) is 0.570. The van der Waals surface area contributed by atoms with E-state index in [1.54, 1.807) is 6.07 Å². The highest BCUT2D eigenvalue weighted by molar-refractivity contribution is 7.89.